The van der Waals surface area contributed by atoms with Crippen LogP contribution in [0, 0.1) is 6.92 Å². The van der Waals surface area contributed by atoms with E-state index in [0.29, 0.717) is 29.0 Å². The molecule has 2 heterocycles. The van der Waals surface area contributed by atoms with Crippen LogP contribution in [-0.4, -0.2) is 43.8 Å². The molecule has 0 unspecified atom stereocenters. The van der Waals surface area contributed by atoms with Crippen molar-refractivity contribution in [3.8, 4) is 22.8 Å². The number of nitrogens with zero attached hydrogens (tertiary/aromatic N) is 5. The Labute approximate surface area is 243 Å². The standard InChI is InChI=1S/C28H23F3N6O2S2/c1-17-13-22(39-2)11-12-23(17)37-24(38)15-41-27(37)34-26(40)32-14-18-3-5-19(6-4-18)25-33-16-36(35-25)21-9-7-20(8-10-21)28(29,30)31/h3-13,16H,14-15H2,1-2H3,(H,32,40)/b34-27-. The number of amidine groups is 1. The van der Waals surface area contributed by atoms with E-state index in [9.17, 15) is 18.0 Å². The molecule has 0 saturated carbocycles. The maximum Gasteiger partial charge on any atom is 0.416 e. The lowest BCUT2D eigenvalue weighted by molar-refractivity contribution is -0.137. The number of ether oxygens (including phenoxy) is 1. The summed E-state index contributed by atoms with van der Waals surface area (Å²) in [4.78, 5) is 22.9. The first kappa shape index (κ1) is 28.3. The Morgan fingerprint density at radius 1 is 1.12 bits per heavy atom. The van der Waals surface area contributed by atoms with E-state index in [1.54, 1.807) is 18.1 Å². The number of rotatable bonds is 6. The third-order valence-corrected chi connectivity index (χ3v) is 7.37. The van der Waals surface area contributed by atoms with Crippen LogP contribution in [0.25, 0.3) is 17.1 Å². The molecule has 41 heavy (non-hydrogen) atoms. The SMILES string of the molecule is COc1ccc(N2C(=O)CS/C2=N\C(=S)NCc2ccc(-c3ncn(-c4ccc(C(F)(F)F)cc4)n3)cc2)c(C)c1. The summed E-state index contributed by atoms with van der Waals surface area (Å²) in [5.74, 6) is 1.34. The van der Waals surface area contributed by atoms with Crippen LogP contribution in [0.15, 0.2) is 78.0 Å². The Kier molecular flexibility index (Phi) is 8.08. The third-order valence-electron chi connectivity index (χ3n) is 6.21. The van der Waals surface area contributed by atoms with Crippen LogP contribution in [0.4, 0.5) is 18.9 Å². The molecule has 5 rings (SSSR count). The molecular weight excluding hydrogens is 573 g/mol. The first-order valence-electron chi connectivity index (χ1n) is 12.3. The van der Waals surface area contributed by atoms with Crippen molar-refractivity contribution < 1.29 is 22.7 Å². The van der Waals surface area contributed by atoms with E-state index < -0.39 is 11.7 Å². The summed E-state index contributed by atoms with van der Waals surface area (Å²) in [6.45, 7) is 2.31. The maximum atomic E-state index is 12.8. The Morgan fingerprint density at radius 3 is 2.51 bits per heavy atom. The van der Waals surface area contributed by atoms with Crippen molar-refractivity contribution in [1.82, 2.24) is 20.1 Å². The molecule has 1 saturated heterocycles. The molecule has 3 aromatic carbocycles. The number of carbonyl (C=O) groups excluding carboxylic acids is 1. The van der Waals surface area contributed by atoms with Crippen LogP contribution in [0.1, 0.15) is 16.7 Å². The molecule has 8 nitrogen and oxygen atoms in total. The first-order valence-corrected chi connectivity index (χ1v) is 13.7. The Balaban J connectivity index is 1.22. The number of amides is 1. The summed E-state index contributed by atoms with van der Waals surface area (Å²) in [6, 6.07) is 17.7. The molecule has 0 atom stereocenters. The second kappa shape index (κ2) is 11.7. The van der Waals surface area contributed by atoms with Crippen LogP contribution in [0.2, 0.25) is 0 Å². The number of aliphatic imine (C=N–C) groups is 1. The van der Waals surface area contributed by atoms with Gasteiger partial charge in [-0.25, -0.2) is 9.67 Å². The number of hydrogen-bond acceptors (Lipinski definition) is 6. The predicted molar refractivity (Wildman–Crippen MR) is 156 cm³/mol. The molecule has 0 spiro atoms. The van der Waals surface area contributed by atoms with Gasteiger partial charge in [0, 0.05) is 12.1 Å². The number of anilines is 1. The molecule has 0 bridgehead atoms. The molecule has 1 fully saturated rings. The van der Waals surface area contributed by atoms with Gasteiger partial charge in [0.2, 0.25) is 5.91 Å². The molecule has 1 amide bonds. The minimum absolute atomic E-state index is 0.0743. The molecule has 13 heteroatoms. The Bertz CT molecular complexity index is 1620. The molecule has 4 aromatic rings. The average Bonchev–Trinajstić information content (AvgIpc) is 3.59. The van der Waals surface area contributed by atoms with Gasteiger partial charge in [0.15, 0.2) is 16.1 Å². The Morgan fingerprint density at radius 2 is 1.85 bits per heavy atom. The van der Waals surface area contributed by atoms with E-state index >= 15 is 0 Å². The zero-order valence-corrected chi connectivity index (χ0v) is 23.5. The van der Waals surface area contributed by atoms with Crippen molar-refractivity contribution in [3.05, 3.63) is 89.7 Å². The van der Waals surface area contributed by atoms with Gasteiger partial charge in [0.05, 0.1) is 29.8 Å². The lowest BCUT2D eigenvalue weighted by Gasteiger charge is -2.19. The van der Waals surface area contributed by atoms with Crippen molar-refractivity contribution in [2.24, 2.45) is 4.99 Å². The molecular formula is C28H23F3N6O2S2. The number of aryl methyl sites for hydroxylation is 1. The van der Waals surface area contributed by atoms with Crippen molar-refractivity contribution in [2.45, 2.75) is 19.6 Å². The monoisotopic (exact) mass is 596 g/mol. The lowest BCUT2D eigenvalue weighted by Crippen LogP contribution is -2.31. The van der Waals surface area contributed by atoms with Crippen LogP contribution in [0.3, 0.4) is 0 Å². The summed E-state index contributed by atoms with van der Waals surface area (Å²) in [5, 5.41) is 8.24. The normalized spacial score (nSPS) is 14.5. The largest absolute Gasteiger partial charge is 0.497 e. The number of nitrogens with one attached hydrogen (secondary N) is 1. The van der Waals surface area contributed by atoms with Gasteiger partial charge >= 0.3 is 6.18 Å². The van der Waals surface area contributed by atoms with Gasteiger partial charge in [0.25, 0.3) is 0 Å². The molecule has 1 aliphatic rings. The summed E-state index contributed by atoms with van der Waals surface area (Å²) < 4.78 is 45.2. The fourth-order valence-electron chi connectivity index (χ4n) is 4.09. The summed E-state index contributed by atoms with van der Waals surface area (Å²) in [6.07, 6.45) is -2.95. The minimum Gasteiger partial charge on any atom is -0.497 e. The topological polar surface area (TPSA) is 84.6 Å². The zero-order chi connectivity index (χ0) is 29.1. The molecule has 1 aromatic heterocycles. The van der Waals surface area contributed by atoms with Crippen molar-refractivity contribution in [3.63, 3.8) is 0 Å². The molecule has 1 N–H and O–H groups in total. The average molecular weight is 597 g/mol. The van der Waals surface area contributed by atoms with Gasteiger partial charge in [-0.15, -0.1) is 5.10 Å². The fourth-order valence-corrected chi connectivity index (χ4v) is 5.17. The molecule has 210 valence electrons. The first-order chi connectivity index (χ1) is 19.6. The van der Waals surface area contributed by atoms with Gasteiger partial charge in [-0.2, -0.15) is 18.2 Å². The number of thioether (sulfide) groups is 1. The number of benzene rings is 3. The van der Waals surface area contributed by atoms with E-state index in [2.05, 4.69) is 20.4 Å². The van der Waals surface area contributed by atoms with Gasteiger partial charge < -0.3 is 10.1 Å². The van der Waals surface area contributed by atoms with Crippen LogP contribution >= 0.6 is 24.0 Å². The maximum absolute atomic E-state index is 12.8. The number of alkyl halides is 3. The van der Waals surface area contributed by atoms with Crippen molar-refractivity contribution in [2.75, 3.05) is 17.8 Å². The second-order valence-electron chi connectivity index (χ2n) is 8.98. The molecule has 1 aliphatic heterocycles. The zero-order valence-electron chi connectivity index (χ0n) is 21.8. The number of carbonyl (C=O) groups is 1. The highest BCUT2D eigenvalue weighted by atomic mass is 32.2. The van der Waals surface area contributed by atoms with Crippen molar-refractivity contribution >= 4 is 45.9 Å². The smallest absolute Gasteiger partial charge is 0.416 e. The van der Waals surface area contributed by atoms with Crippen LogP contribution in [0.5, 0.6) is 5.75 Å². The molecule has 0 radical (unpaired) electrons. The number of aromatic nitrogens is 3. The van der Waals surface area contributed by atoms with E-state index in [1.165, 1.54) is 34.9 Å². The predicted octanol–water partition coefficient (Wildman–Crippen LogP) is 5.78. The van der Waals surface area contributed by atoms with Crippen molar-refractivity contribution in [1.29, 1.82) is 0 Å². The Hall–Kier alpha value is -4.23. The van der Waals surface area contributed by atoms with Gasteiger partial charge in [-0.3, -0.25) is 9.69 Å². The number of thiocarbonyl (C=S) groups is 1. The van der Waals surface area contributed by atoms with Crippen LogP contribution < -0.4 is 15.0 Å². The highest BCUT2D eigenvalue weighted by Crippen LogP contribution is 2.32. The fraction of sp³-hybridized carbons (Fsp3) is 0.179. The number of halogens is 3. The van der Waals surface area contributed by atoms with Gasteiger partial charge in [-0.05, 0) is 72.7 Å². The second-order valence-corrected chi connectivity index (χ2v) is 10.3. The third kappa shape index (κ3) is 6.41. The summed E-state index contributed by atoms with van der Waals surface area (Å²) in [7, 11) is 1.59. The van der Waals surface area contributed by atoms with E-state index in [-0.39, 0.29) is 16.8 Å². The highest BCUT2D eigenvalue weighted by Gasteiger charge is 2.31. The number of methoxy groups -OCH3 is 1. The number of hydrogen-bond donors (Lipinski definition) is 1. The van der Waals surface area contributed by atoms with E-state index in [4.69, 9.17) is 17.0 Å². The van der Waals surface area contributed by atoms with Gasteiger partial charge in [0.1, 0.15) is 12.1 Å². The summed E-state index contributed by atoms with van der Waals surface area (Å²) >= 11 is 6.75. The summed E-state index contributed by atoms with van der Waals surface area (Å²) in [5.41, 5.74) is 3.02. The van der Waals surface area contributed by atoms with E-state index in [0.717, 1.165) is 34.5 Å². The molecule has 0 aliphatic carbocycles. The van der Waals surface area contributed by atoms with E-state index in [1.807, 2.05) is 43.3 Å². The highest BCUT2D eigenvalue weighted by molar-refractivity contribution is 8.15. The quantitative estimate of drug-likeness (QED) is 0.283. The van der Waals surface area contributed by atoms with Gasteiger partial charge in [-0.1, -0.05) is 36.0 Å². The minimum atomic E-state index is -4.40. The van der Waals surface area contributed by atoms with Crippen LogP contribution in [-0.2, 0) is 17.5 Å². The lowest BCUT2D eigenvalue weighted by atomic mass is 10.1.